The molecule has 0 saturated heterocycles. The molecule has 1 N–H and O–H groups in total. The second-order valence-electron chi connectivity index (χ2n) is 13.6. The first-order valence-corrected chi connectivity index (χ1v) is 17.2. The van der Waals surface area contributed by atoms with Gasteiger partial charge in [0.1, 0.15) is 17.2 Å². The summed E-state index contributed by atoms with van der Waals surface area (Å²) < 4.78 is 41.9. The van der Waals surface area contributed by atoms with Crippen LogP contribution >= 0.6 is 0 Å². The van der Waals surface area contributed by atoms with Gasteiger partial charge in [0.25, 0.3) is 0 Å². The quantitative estimate of drug-likeness (QED) is 0.205. The van der Waals surface area contributed by atoms with Crippen molar-refractivity contribution in [3.05, 3.63) is 48.0 Å². The number of aryl methyl sites for hydroxylation is 2. The SMILES string of the molecule is Cc1cc(CN(CCCC[C@H](NC(=O)OC(C)(C)C)C(=O)N(CC(C)C)CC(C)C)S(=O)(=O)c2ccc3occc3c2)nn1C. The van der Waals surface area contributed by atoms with Crippen LogP contribution in [0.5, 0.6) is 0 Å². The molecule has 2 aromatic heterocycles. The topological polar surface area (TPSA) is 127 Å². The van der Waals surface area contributed by atoms with Gasteiger partial charge >= 0.3 is 6.09 Å². The summed E-state index contributed by atoms with van der Waals surface area (Å²) in [5, 5.41) is 7.99. The lowest BCUT2D eigenvalue weighted by Crippen LogP contribution is -2.51. The third kappa shape index (κ3) is 10.6. The molecule has 3 rings (SSSR count). The molecule has 12 heteroatoms. The fourth-order valence-electron chi connectivity index (χ4n) is 5.13. The van der Waals surface area contributed by atoms with Crippen molar-refractivity contribution in [2.45, 2.75) is 97.7 Å². The highest BCUT2D eigenvalue weighted by molar-refractivity contribution is 7.89. The van der Waals surface area contributed by atoms with Gasteiger partial charge in [-0.3, -0.25) is 9.48 Å². The number of sulfonamides is 1. The number of aromatic nitrogens is 2. The monoisotopic (exact) mass is 645 g/mol. The predicted molar refractivity (Wildman–Crippen MR) is 175 cm³/mol. The molecule has 1 atom stereocenters. The number of nitrogens with one attached hydrogen (secondary N) is 1. The first kappa shape index (κ1) is 36.1. The summed E-state index contributed by atoms with van der Waals surface area (Å²) in [5.74, 6) is 0.348. The highest BCUT2D eigenvalue weighted by Crippen LogP contribution is 2.25. The van der Waals surface area contributed by atoms with Crippen LogP contribution in [0.2, 0.25) is 0 Å². The van der Waals surface area contributed by atoms with E-state index >= 15 is 0 Å². The normalized spacial score (nSPS) is 13.2. The summed E-state index contributed by atoms with van der Waals surface area (Å²) in [6, 6.07) is 7.63. The van der Waals surface area contributed by atoms with Crippen molar-refractivity contribution in [3.8, 4) is 0 Å². The Morgan fingerprint density at radius 2 is 1.71 bits per heavy atom. The Morgan fingerprint density at radius 1 is 1.04 bits per heavy atom. The van der Waals surface area contributed by atoms with E-state index in [4.69, 9.17) is 9.15 Å². The molecule has 0 aliphatic carbocycles. The number of hydrogen-bond acceptors (Lipinski definition) is 7. The van der Waals surface area contributed by atoms with Crippen molar-refractivity contribution in [2.75, 3.05) is 19.6 Å². The number of rotatable bonds is 15. The van der Waals surface area contributed by atoms with Crippen molar-refractivity contribution in [3.63, 3.8) is 0 Å². The number of fused-ring (bicyclic) bond motifs is 1. The largest absolute Gasteiger partial charge is 0.464 e. The maximum Gasteiger partial charge on any atom is 0.408 e. The number of amides is 2. The summed E-state index contributed by atoms with van der Waals surface area (Å²) in [6.07, 6.45) is 2.17. The number of ether oxygens (including phenoxy) is 1. The Morgan fingerprint density at radius 3 is 2.29 bits per heavy atom. The number of furan rings is 1. The fourth-order valence-corrected chi connectivity index (χ4v) is 6.62. The lowest BCUT2D eigenvalue weighted by molar-refractivity contribution is -0.134. The fraction of sp³-hybridized carbons (Fsp3) is 0.606. The Labute approximate surface area is 268 Å². The molecule has 0 fully saturated rings. The number of nitrogens with zero attached hydrogens (tertiary/aromatic N) is 4. The van der Waals surface area contributed by atoms with Gasteiger partial charge < -0.3 is 19.4 Å². The van der Waals surface area contributed by atoms with Crippen LogP contribution in [0.25, 0.3) is 11.0 Å². The van der Waals surface area contributed by atoms with E-state index in [0.717, 1.165) is 5.69 Å². The van der Waals surface area contributed by atoms with Gasteiger partial charge in [-0.2, -0.15) is 9.40 Å². The maximum atomic E-state index is 13.9. The molecule has 250 valence electrons. The summed E-state index contributed by atoms with van der Waals surface area (Å²) >= 11 is 0. The van der Waals surface area contributed by atoms with Crippen molar-refractivity contribution in [1.29, 1.82) is 0 Å². The molecule has 0 radical (unpaired) electrons. The van der Waals surface area contributed by atoms with Crippen LogP contribution in [0.15, 0.2) is 45.9 Å². The number of hydrogen-bond donors (Lipinski definition) is 1. The Bertz CT molecular complexity index is 1510. The van der Waals surface area contributed by atoms with E-state index in [1.165, 1.54) is 10.6 Å². The number of benzene rings is 1. The lowest BCUT2D eigenvalue weighted by Gasteiger charge is -2.31. The van der Waals surface area contributed by atoms with Crippen LogP contribution in [-0.4, -0.2) is 70.7 Å². The predicted octanol–water partition coefficient (Wildman–Crippen LogP) is 5.87. The van der Waals surface area contributed by atoms with E-state index in [1.807, 2.05) is 24.9 Å². The zero-order valence-corrected chi connectivity index (χ0v) is 29.1. The van der Waals surface area contributed by atoms with Crippen molar-refractivity contribution < 1.29 is 27.2 Å². The van der Waals surface area contributed by atoms with E-state index < -0.39 is 27.8 Å². The second kappa shape index (κ2) is 15.3. The molecule has 0 spiro atoms. The molecule has 11 nitrogen and oxygen atoms in total. The highest BCUT2D eigenvalue weighted by atomic mass is 32.2. The minimum absolute atomic E-state index is 0.0997. The van der Waals surface area contributed by atoms with Crippen molar-refractivity contribution >= 4 is 33.0 Å². The molecule has 2 amide bonds. The van der Waals surface area contributed by atoms with E-state index in [1.54, 1.807) is 49.7 Å². The highest BCUT2D eigenvalue weighted by Gasteiger charge is 2.30. The standard InChI is InChI=1S/C33H51N5O6S/c1-23(2)20-37(21-24(3)4)31(39)29(34-32(40)44-33(6,7)8)12-10-11-16-38(22-27-18-25(5)36(9)35-27)45(41,42)28-13-14-30-26(19-28)15-17-43-30/h13-15,17-19,23-24,29H,10-12,16,20-22H2,1-9H3,(H,34,40)/t29-/m0/s1. The maximum absolute atomic E-state index is 13.9. The Balaban J connectivity index is 1.80. The van der Waals surface area contributed by atoms with Crippen LogP contribution in [0.3, 0.4) is 0 Å². The minimum Gasteiger partial charge on any atom is -0.464 e. The third-order valence-electron chi connectivity index (χ3n) is 7.19. The zero-order valence-electron chi connectivity index (χ0n) is 28.3. The van der Waals surface area contributed by atoms with E-state index in [9.17, 15) is 18.0 Å². The smallest absolute Gasteiger partial charge is 0.408 e. The Hall–Kier alpha value is -3.38. The second-order valence-corrected chi connectivity index (χ2v) is 15.5. The molecular formula is C33H51N5O6S. The lowest BCUT2D eigenvalue weighted by atomic mass is 10.1. The van der Waals surface area contributed by atoms with Gasteiger partial charge in [0.15, 0.2) is 0 Å². The molecule has 1 aromatic carbocycles. The molecule has 0 unspecified atom stereocenters. The van der Waals surface area contributed by atoms with Gasteiger partial charge in [0, 0.05) is 37.8 Å². The molecule has 45 heavy (non-hydrogen) atoms. The number of carbonyl (C=O) groups excluding carboxylic acids is 2. The van der Waals surface area contributed by atoms with Gasteiger partial charge in [-0.15, -0.1) is 0 Å². The molecular weight excluding hydrogens is 594 g/mol. The van der Waals surface area contributed by atoms with Gasteiger partial charge in [-0.1, -0.05) is 27.7 Å². The van der Waals surface area contributed by atoms with E-state index in [2.05, 4.69) is 38.1 Å². The van der Waals surface area contributed by atoms with Crippen molar-refractivity contribution in [2.24, 2.45) is 18.9 Å². The van der Waals surface area contributed by atoms with Crippen LogP contribution in [-0.2, 0) is 33.1 Å². The molecule has 0 aliphatic rings. The van der Waals surface area contributed by atoms with Crippen molar-refractivity contribution in [1.82, 2.24) is 24.3 Å². The number of carbonyl (C=O) groups is 2. The van der Waals surface area contributed by atoms with Gasteiger partial charge in [-0.05, 0) is 89.1 Å². The van der Waals surface area contributed by atoms with E-state index in [-0.39, 0.29) is 35.7 Å². The average molecular weight is 646 g/mol. The third-order valence-corrected chi connectivity index (χ3v) is 9.03. The zero-order chi connectivity index (χ0) is 33.5. The molecule has 0 bridgehead atoms. The van der Waals surface area contributed by atoms with Gasteiger partial charge in [0.05, 0.1) is 23.4 Å². The molecule has 0 aliphatic heterocycles. The van der Waals surface area contributed by atoms with Crippen LogP contribution < -0.4 is 5.32 Å². The van der Waals surface area contributed by atoms with Gasteiger partial charge in [0.2, 0.25) is 15.9 Å². The van der Waals surface area contributed by atoms with Crippen LogP contribution in [0.1, 0.15) is 79.1 Å². The summed E-state index contributed by atoms with van der Waals surface area (Å²) in [7, 11) is -2.07. The first-order chi connectivity index (χ1) is 21.0. The summed E-state index contributed by atoms with van der Waals surface area (Å²) in [5.41, 5.74) is 1.45. The van der Waals surface area contributed by atoms with Crippen LogP contribution in [0.4, 0.5) is 4.79 Å². The molecule has 0 saturated carbocycles. The molecule has 2 heterocycles. The number of alkyl carbamates (subject to hydrolysis) is 1. The summed E-state index contributed by atoms with van der Waals surface area (Å²) in [4.78, 5) is 28.5. The van der Waals surface area contributed by atoms with Gasteiger partial charge in [-0.25, -0.2) is 13.2 Å². The van der Waals surface area contributed by atoms with E-state index in [0.29, 0.717) is 49.0 Å². The summed E-state index contributed by atoms with van der Waals surface area (Å²) in [6.45, 7) is 16.9. The first-order valence-electron chi connectivity index (χ1n) is 15.7. The number of unbranched alkanes of at least 4 members (excludes halogenated alkanes) is 1. The minimum atomic E-state index is -3.89. The molecule has 3 aromatic rings. The Kier molecular flexibility index (Phi) is 12.2. The van der Waals surface area contributed by atoms with Crippen LogP contribution in [0, 0.1) is 18.8 Å². The average Bonchev–Trinajstić information content (AvgIpc) is 3.52.